The van der Waals surface area contributed by atoms with Crippen LogP contribution >= 0.6 is 0 Å². The Morgan fingerprint density at radius 2 is 2.14 bits per heavy atom. The highest BCUT2D eigenvalue weighted by atomic mass is 19.3. The second kappa shape index (κ2) is 5.85. The Labute approximate surface area is 128 Å². The van der Waals surface area contributed by atoms with Crippen molar-refractivity contribution in [3.63, 3.8) is 0 Å². The zero-order valence-electron chi connectivity index (χ0n) is 11.3. The van der Waals surface area contributed by atoms with E-state index in [-0.39, 0.29) is 20.4 Å². The molecule has 0 aliphatic carbocycles. The number of piperidine rings is 1. The number of rotatable bonds is 1. The molecule has 3 rings (SSSR count). The molecule has 0 amide bonds. The van der Waals surface area contributed by atoms with Crippen LogP contribution in [0.2, 0.25) is 0 Å². The molecule has 2 aromatic rings. The number of benzene rings is 1. The summed E-state index contributed by atoms with van der Waals surface area (Å²) in [6.07, 6.45) is 1.29. The van der Waals surface area contributed by atoms with E-state index in [1.54, 1.807) is 35.4 Å². The van der Waals surface area contributed by atoms with E-state index in [4.69, 9.17) is 11.0 Å². The fourth-order valence-electron chi connectivity index (χ4n) is 2.85. The van der Waals surface area contributed by atoms with E-state index >= 15 is 0 Å². The zero-order chi connectivity index (χ0) is 15.0. The molecule has 1 saturated heterocycles. The van der Waals surface area contributed by atoms with E-state index in [1.165, 1.54) is 0 Å². The van der Waals surface area contributed by atoms with Crippen LogP contribution in [0.25, 0.3) is 10.9 Å². The fourth-order valence-corrected chi connectivity index (χ4v) is 2.85. The molecule has 116 valence electrons. The van der Waals surface area contributed by atoms with Crippen molar-refractivity contribution >= 4 is 16.6 Å². The number of anilines is 1. The molecule has 1 aliphatic heterocycles. The Morgan fingerprint density at radius 3 is 2.82 bits per heavy atom. The molecule has 1 aromatic heterocycles. The van der Waals surface area contributed by atoms with Gasteiger partial charge in [0, 0.05) is 36.3 Å². The van der Waals surface area contributed by atoms with Gasteiger partial charge in [0.1, 0.15) is 6.07 Å². The highest BCUT2D eigenvalue weighted by Crippen LogP contribution is 2.34. The van der Waals surface area contributed by atoms with Gasteiger partial charge in [-0.2, -0.15) is 5.26 Å². The minimum Gasteiger partial charge on any atom is -0.363 e. The number of aromatic nitrogens is 1. The standard InChI is InChI=1S/C15H14F2N4.CH4/c16-15(17)6-11(19)8-21(9-15)13-4-3-10(7-18)14-12(13)2-1-5-20-14;/h1-5,11H,6,8-9,19H2;1H4. The third-order valence-corrected chi connectivity index (χ3v) is 3.65. The third kappa shape index (κ3) is 2.85. The second-order valence-corrected chi connectivity index (χ2v) is 5.34. The molecule has 4 nitrogen and oxygen atoms in total. The Balaban J connectivity index is 0.00000176. The summed E-state index contributed by atoms with van der Waals surface area (Å²) in [6, 6.07) is 8.32. The molecule has 6 heteroatoms. The number of nitrogens with zero attached hydrogens (tertiary/aromatic N) is 3. The number of fused-ring (bicyclic) bond motifs is 1. The summed E-state index contributed by atoms with van der Waals surface area (Å²) in [5.74, 6) is -2.81. The van der Waals surface area contributed by atoms with E-state index in [0.717, 1.165) is 0 Å². The third-order valence-electron chi connectivity index (χ3n) is 3.65. The maximum Gasteiger partial charge on any atom is 0.266 e. The molecule has 2 N–H and O–H groups in total. The molecule has 0 spiro atoms. The molecule has 1 unspecified atom stereocenters. The van der Waals surface area contributed by atoms with Crippen molar-refractivity contribution in [3.05, 3.63) is 36.0 Å². The predicted molar refractivity (Wildman–Crippen MR) is 82.9 cm³/mol. The van der Waals surface area contributed by atoms with Crippen molar-refractivity contribution in [3.8, 4) is 6.07 Å². The number of pyridine rings is 1. The van der Waals surface area contributed by atoms with Crippen molar-refractivity contribution in [2.24, 2.45) is 5.73 Å². The van der Waals surface area contributed by atoms with Crippen molar-refractivity contribution in [2.45, 2.75) is 25.8 Å². The monoisotopic (exact) mass is 304 g/mol. The summed E-state index contributed by atoms with van der Waals surface area (Å²) in [5.41, 5.74) is 7.35. The number of nitrogens with two attached hydrogens (primary N) is 1. The molecule has 22 heavy (non-hydrogen) atoms. The van der Waals surface area contributed by atoms with Gasteiger partial charge in [0.05, 0.1) is 17.6 Å². The van der Waals surface area contributed by atoms with Crippen LogP contribution in [0.1, 0.15) is 19.4 Å². The smallest absolute Gasteiger partial charge is 0.266 e. The van der Waals surface area contributed by atoms with Gasteiger partial charge < -0.3 is 10.6 Å². The molecule has 1 atom stereocenters. The van der Waals surface area contributed by atoms with E-state index in [9.17, 15) is 8.78 Å². The minimum absolute atomic E-state index is 0. The van der Waals surface area contributed by atoms with Gasteiger partial charge in [0.25, 0.3) is 5.92 Å². The Kier molecular flexibility index (Phi) is 4.29. The van der Waals surface area contributed by atoms with E-state index in [2.05, 4.69) is 11.1 Å². The average molecular weight is 304 g/mol. The molecule has 0 radical (unpaired) electrons. The molecule has 1 fully saturated rings. The zero-order valence-corrected chi connectivity index (χ0v) is 11.3. The van der Waals surface area contributed by atoms with Crippen molar-refractivity contribution < 1.29 is 8.78 Å². The van der Waals surface area contributed by atoms with Gasteiger partial charge in [0.15, 0.2) is 0 Å². The molecular formula is C16H18F2N4. The van der Waals surface area contributed by atoms with Crippen LogP contribution in [0.15, 0.2) is 30.5 Å². The SMILES string of the molecule is C.N#Cc1ccc(N2CC(N)CC(F)(F)C2)c2cccnc12. The minimum atomic E-state index is -2.81. The summed E-state index contributed by atoms with van der Waals surface area (Å²) in [6.45, 7) is 0.00206. The fraction of sp³-hybridized carbons (Fsp3) is 0.375. The topological polar surface area (TPSA) is 65.9 Å². The van der Waals surface area contributed by atoms with E-state index in [0.29, 0.717) is 28.7 Å². The summed E-state index contributed by atoms with van der Waals surface area (Å²) < 4.78 is 27.5. The van der Waals surface area contributed by atoms with Gasteiger partial charge >= 0.3 is 0 Å². The van der Waals surface area contributed by atoms with E-state index < -0.39 is 12.0 Å². The molecule has 0 saturated carbocycles. The first kappa shape index (κ1) is 16.1. The second-order valence-electron chi connectivity index (χ2n) is 5.34. The van der Waals surface area contributed by atoms with Gasteiger partial charge in [-0.05, 0) is 24.3 Å². The lowest BCUT2D eigenvalue weighted by atomic mass is 10.0. The lowest BCUT2D eigenvalue weighted by molar-refractivity contribution is -0.0171. The number of halogens is 2. The largest absolute Gasteiger partial charge is 0.363 e. The summed E-state index contributed by atoms with van der Waals surface area (Å²) in [4.78, 5) is 5.78. The first-order valence-electron chi connectivity index (χ1n) is 6.66. The van der Waals surface area contributed by atoms with Crippen LogP contribution in [0.3, 0.4) is 0 Å². The van der Waals surface area contributed by atoms with Crippen molar-refractivity contribution in [1.82, 2.24) is 4.98 Å². The van der Waals surface area contributed by atoms with Crippen molar-refractivity contribution in [1.29, 1.82) is 5.26 Å². The quantitative estimate of drug-likeness (QED) is 0.879. The molecule has 1 aliphatic rings. The van der Waals surface area contributed by atoms with Gasteiger partial charge in [-0.15, -0.1) is 0 Å². The number of hydrogen-bond acceptors (Lipinski definition) is 4. The van der Waals surface area contributed by atoms with Crippen LogP contribution in [0.5, 0.6) is 0 Å². The molecule has 2 heterocycles. The number of hydrogen-bond donors (Lipinski definition) is 1. The Hall–Kier alpha value is -2.26. The van der Waals surface area contributed by atoms with Crippen LogP contribution < -0.4 is 10.6 Å². The first-order valence-corrected chi connectivity index (χ1v) is 6.66. The van der Waals surface area contributed by atoms with E-state index in [1.807, 2.05) is 0 Å². The number of alkyl halides is 2. The predicted octanol–water partition coefficient (Wildman–Crippen LogP) is 2.92. The average Bonchev–Trinajstić information content (AvgIpc) is 2.44. The Morgan fingerprint density at radius 1 is 1.36 bits per heavy atom. The summed E-state index contributed by atoms with van der Waals surface area (Å²) >= 11 is 0. The van der Waals surface area contributed by atoms with Crippen LogP contribution in [-0.2, 0) is 0 Å². The van der Waals surface area contributed by atoms with Crippen molar-refractivity contribution in [2.75, 3.05) is 18.0 Å². The van der Waals surface area contributed by atoms with Crippen LogP contribution in [0, 0.1) is 11.3 Å². The summed E-state index contributed by atoms with van der Waals surface area (Å²) in [7, 11) is 0. The van der Waals surface area contributed by atoms with Gasteiger partial charge in [-0.1, -0.05) is 7.43 Å². The normalized spacial score (nSPS) is 20.3. The first-order chi connectivity index (χ1) is 10.00. The van der Waals surface area contributed by atoms with Crippen LogP contribution in [-0.4, -0.2) is 30.0 Å². The highest BCUT2D eigenvalue weighted by Gasteiger charge is 2.39. The maximum atomic E-state index is 13.7. The molecular weight excluding hydrogens is 286 g/mol. The lowest BCUT2D eigenvalue weighted by Crippen LogP contribution is -2.52. The van der Waals surface area contributed by atoms with Crippen LogP contribution in [0.4, 0.5) is 14.5 Å². The number of nitriles is 1. The maximum absolute atomic E-state index is 13.7. The van der Waals surface area contributed by atoms with Gasteiger partial charge in [-0.3, -0.25) is 4.98 Å². The lowest BCUT2D eigenvalue weighted by Gasteiger charge is -2.38. The van der Waals surface area contributed by atoms with Gasteiger partial charge in [-0.25, -0.2) is 8.78 Å². The molecule has 0 bridgehead atoms. The highest BCUT2D eigenvalue weighted by molar-refractivity contribution is 5.95. The molecule has 1 aromatic carbocycles. The Bertz CT molecular complexity index is 724. The summed E-state index contributed by atoms with van der Waals surface area (Å²) in [5, 5.41) is 9.81. The van der Waals surface area contributed by atoms with Gasteiger partial charge in [0.2, 0.25) is 0 Å².